The van der Waals surface area contributed by atoms with Gasteiger partial charge in [-0.25, -0.2) is 4.98 Å². The molecule has 2 N–H and O–H groups in total. The zero-order chi connectivity index (χ0) is 18.4. The maximum atomic E-state index is 12.2. The molecule has 6 heteroatoms. The Labute approximate surface area is 152 Å². The maximum absolute atomic E-state index is 12.2. The molecule has 0 saturated carbocycles. The van der Waals surface area contributed by atoms with E-state index in [-0.39, 0.29) is 18.4 Å². The summed E-state index contributed by atoms with van der Waals surface area (Å²) in [5, 5.41) is 5.72. The molecule has 0 unspecified atom stereocenters. The van der Waals surface area contributed by atoms with Crippen LogP contribution in [0.4, 0.5) is 0 Å². The fourth-order valence-corrected chi connectivity index (χ4v) is 2.87. The first kappa shape index (κ1) is 17.7. The number of hydrogen-bond acceptors (Lipinski definition) is 3. The second-order valence-electron chi connectivity index (χ2n) is 5.93. The van der Waals surface area contributed by atoms with E-state index in [0.29, 0.717) is 25.1 Å². The van der Waals surface area contributed by atoms with Crippen molar-refractivity contribution in [2.45, 2.75) is 19.9 Å². The zero-order valence-corrected chi connectivity index (χ0v) is 14.7. The third kappa shape index (κ3) is 4.08. The molecular formula is C20H22N4O2. The van der Waals surface area contributed by atoms with E-state index in [1.807, 2.05) is 54.0 Å². The van der Waals surface area contributed by atoms with Crippen molar-refractivity contribution in [3.05, 3.63) is 66.0 Å². The van der Waals surface area contributed by atoms with Gasteiger partial charge in [-0.2, -0.15) is 0 Å². The van der Waals surface area contributed by atoms with Gasteiger partial charge in [0.2, 0.25) is 5.91 Å². The molecule has 0 aliphatic heterocycles. The molecule has 0 atom stereocenters. The highest BCUT2D eigenvalue weighted by Gasteiger charge is 2.13. The molecule has 0 fully saturated rings. The van der Waals surface area contributed by atoms with Crippen molar-refractivity contribution in [3.63, 3.8) is 0 Å². The second-order valence-corrected chi connectivity index (χ2v) is 5.93. The van der Waals surface area contributed by atoms with Gasteiger partial charge in [0, 0.05) is 25.1 Å². The van der Waals surface area contributed by atoms with Crippen LogP contribution in [0, 0.1) is 0 Å². The average Bonchev–Trinajstić information content (AvgIpc) is 3.00. The first-order chi connectivity index (χ1) is 12.7. The molecule has 2 amide bonds. The Bertz CT molecular complexity index is 903. The van der Waals surface area contributed by atoms with Crippen molar-refractivity contribution >= 4 is 22.8 Å². The van der Waals surface area contributed by atoms with Crippen molar-refractivity contribution in [2.24, 2.45) is 0 Å². The Morgan fingerprint density at radius 2 is 1.73 bits per heavy atom. The summed E-state index contributed by atoms with van der Waals surface area (Å²) in [6.07, 6.45) is 0.548. The fraction of sp³-hybridized carbons (Fsp3) is 0.250. The van der Waals surface area contributed by atoms with Crippen LogP contribution in [0.25, 0.3) is 11.0 Å². The molecule has 6 nitrogen and oxygen atoms in total. The quantitative estimate of drug-likeness (QED) is 0.685. The first-order valence-corrected chi connectivity index (χ1v) is 8.73. The topological polar surface area (TPSA) is 76.0 Å². The van der Waals surface area contributed by atoms with Crippen LogP contribution >= 0.6 is 0 Å². The van der Waals surface area contributed by atoms with Crippen LogP contribution in [0.2, 0.25) is 0 Å². The number of aromatic nitrogens is 2. The number of amides is 2. The minimum absolute atomic E-state index is 0.0507. The van der Waals surface area contributed by atoms with Gasteiger partial charge in [-0.05, 0) is 31.2 Å². The summed E-state index contributed by atoms with van der Waals surface area (Å²) >= 11 is 0. The summed E-state index contributed by atoms with van der Waals surface area (Å²) in [7, 11) is 0. The number of rotatable bonds is 7. The molecule has 1 aromatic heterocycles. The number of carbonyl (C=O) groups is 2. The second kappa shape index (κ2) is 8.29. The number of benzene rings is 2. The van der Waals surface area contributed by atoms with Crippen LogP contribution in [0.5, 0.6) is 0 Å². The summed E-state index contributed by atoms with van der Waals surface area (Å²) in [5.41, 5.74) is 2.40. The molecule has 1 heterocycles. The highest BCUT2D eigenvalue weighted by atomic mass is 16.2. The van der Waals surface area contributed by atoms with E-state index in [9.17, 15) is 9.59 Å². The predicted molar refractivity (Wildman–Crippen MR) is 101 cm³/mol. The molecule has 0 bridgehead atoms. The van der Waals surface area contributed by atoms with Gasteiger partial charge in [-0.15, -0.1) is 0 Å². The molecule has 134 valence electrons. The Hall–Kier alpha value is -3.15. The van der Waals surface area contributed by atoms with Crippen molar-refractivity contribution in [1.82, 2.24) is 20.2 Å². The summed E-state index contributed by atoms with van der Waals surface area (Å²) in [6, 6.07) is 16.8. The van der Waals surface area contributed by atoms with E-state index in [4.69, 9.17) is 0 Å². The van der Waals surface area contributed by atoms with Gasteiger partial charge in [0.15, 0.2) is 0 Å². The summed E-state index contributed by atoms with van der Waals surface area (Å²) in [5.74, 6) is 0.619. The summed E-state index contributed by atoms with van der Waals surface area (Å²) in [4.78, 5) is 28.8. The van der Waals surface area contributed by atoms with Crippen LogP contribution in [0.3, 0.4) is 0 Å². The number of likely N-dealkylation sites (N-methyl/N-ethyl adjacent to an activating group) is 1. The van der Waals surface area contributed by atoms with Crippen LogP contribution in [-0.4, -0.2) is 34.5 Å². The van der Waals surface area contributed by atoms with E-state index in [1.165, 1.54) is 0 Å². The van der Waals surface area contributed by atoms with Gasteiger partial charge in [-0.3, -0.25) is 9.59 Å². The van der Waals surface area contributed by atoms with E-state index in [2.05, 4.69) is 15.6 Å². The normalized spacial score (nSPS) is 10.7. The zero-order valence-electron chi connectivity index (χ0n) is 14.7. The van der Waals surface area contributed by atoms with Crippen LogP contribution < -0.4 is 10.6 Å². The van der Waals surface area contributed by atoms with E-state index >= 15 is 0 Å². The van der Waals surface area contributed by atoms with E-state index < -0.39 is 0 Å². The van der Waals surface area contributed by atoms with Gasteiger partial charge in [0.1, 0.15) is 12.4 Å². The number of hydrogen-bond donors (Lipinski definition) is 2. The smallest absolute Gasteiger partial charge is 0.251 e. The highest BCUT2D eigenvalue weighted by Crippen LogP contribution is 2.16. The fourth-order valence-electron chi connectivity index (χ4n) is 2.87. The van der Waals surface area contributed by atoms with Crippen molar-refractivity contribution in [1.29, 1.82) is 0 Å². The Balaban J connectivity index is 1.72. The number of nitrogens with one attached hydrogen (secondary N) is 2. The highest BCUT2D eigenvalue weighted by molar-refractivity contribution is 5.94. The molecule has 3 aromatic rings. The third-order valence-electron chi connectivity index (χ3n) is 4.08. The van der Waals surface area contributed by atoms with Gasteiger partial charge in [0.05, 0.1) is 11.0 Å². The molecule has 3 rings (SSSR count). The number of imidazole rings is 1. The lowest BCUT2D eigenvalue weighted by atomic mass is 10.2. The number of fused-ring (bicyclic) bond motifs is 1. The van der Waals surface area contributed by atoms with Gasteiger partial charge in [-0.1, -0.05) is 30.3 Å². The molecule has 0 saturated heterocycles. The Kier molecular flexibility index (Phi) is 5.63. The predicted octanol–water partition coefficient (Wildman–Crippen LogP) is 2.14. The number of nitrogens with zero attached hydrogens (tertiary/aromatic N) is 2. The van der Waals surface area contributed by atoms with Gasteiger partial charge < -0.3 is 15.2 Å². The van der Waals surface area contributed by atoms with Crippen LogP contribution in [0.1, 0.15) is 23.1 Å². The Morgan fingerprint density at radius 1 is 1.00 bits per heavy atom. The molecule has 0 radical (unpaired) electrons. The molecule has 0 aliphatic carbocycles. The molecular weight excluding hydrogens is 328 g/mol. The van der Waals surface area contributed by atoms with E-state index in [1.54, 1.807) is 12.1 Å². The average molecular weight is 350 g/mol. The maximum Gasteiger partial charge on any atom is 0.251 e. The molecule has 0 aliphatic rings. The minimum atomic E-state index is -0.114. The standard InChI is InChI=1S/C20H22N4O2/c1-2-21-19(25)14-24-17-11-7-6-10-16(17)23-18(24)12-13-22-20(26)15-8-4-3-5-9-15/h3-11H,2,12-14H2,1H3,(H,21,25)(H,22,26). The minimum Gasteiger partial charge on any atom is -0.355 e. The lowest BCUT2D eigenvalue weighted by Crippen LogP contribution is -2.29. The number of carbonyl (C=O) groups excluding carboxylic acids is 2. The van der Waals surface area contributed by atoms with Gasteiger partial charge in [0.25, 0.3) is 5.91 Å². The molecule has 26 heavy (non-hydrogen) atoms. The van der Waals surface area contributed by atoms with Crippen LogP contribution in [-0.2, 0) is 17.8 Å². The lowest BCUT2D eigenvalue weighted by molar-refractivity contribution is -0.121. The lowest BCUT2D eigenvalue weighted by Gasteiger charge is -2.10. The van der Waals surface area contributed by atoms with Crippen molar-refractivity contribution in [3.8, 4) is 0 Å². The monoisotopic (exact) mass is 350 g/mol. The third-order valence-corrected chi connectivity index (χ3v) is 4.08. The summed E-state index contributed by atoms with van der Waals surface area (Å²) in [6.45, 7) is 3.15. The SMILES string of the molecule is CCNC(=O)Cn1c(CCNC(=O)c2ccccc2)nc2ccccc21. The largest absolute Gasteiger partial charge is 0.355 e. The van der Waals surface area contributed by atoms with E-state index in [0.717, 1.165) is 16.9 Å². The van der Waals surface area contributed by atoms with Crippen molar-refractivity contribution < 1.29 is 9.59 Å². The Morgan fingerprint density at radius 3 is 2.50 bits per heavy atom. The first-order valence-electron chi connectivity index (χ1n) is 8.73. The van der Waals surface area contributed by atoms with Crippen molar-refractivity contribution in [2.75, 3.05) is 13.1 Å². The van der Waals surface area contributed by atoms with Crippen LogP contribution in [0.15, 0.2) is 54.6 Å². The number of para-hydroxylation sites is 2. The summed E-state index contributed by atoms with van der Waals surface area (Å²) < 4.78 is 1.91. The molecule has 2 aromatic carbocycles. The molecule has 0 spiro atoms. The van der Waals surface area contributed by atoms with Gasteiger partial charge >= 0.3 is 0 Å².